The number of aromatic nitrogens is 1. The molecule has 0 radical (unpaired) electrons. The zero-order valence-corrected chi connectivity index (χ0v) is 12.6. The van der Waals surface area contributed by atoms with Crippen molar-refractivity contribution in [3.63, 3.8) is 0 Å². The Balaban J connectivity index is 2.20. The molecular weight excluding hydrogens is 324 g/mol. The standard InChI is InChI=1S/C11H11ClN2O4S2/c1-6(9-2-3-10(12)19-9)14-20(17,18)7-4-8(11(15)16)13-5-7/h2-6,13-14H,1H3,(H,15,16). The predicted molar refractivity (Wildman–Crippen MR) is 75.8 cm³/mol. The van der Waals surface area contributed by atoms with Gasteiger partial charge >= 0.3 is 5.97 Å². The van der Waals surface area contributed by atoms with Crippen molar-refractivity contribution in [3.8, 4) is 0 Å². The van der Waals surface area contributed by atoms with Crippen LogP contribution in [0.15, 0.2) is 29.3 Å². The van der Waals surface area contributed by atoms with Gasteiger partial charge in [-0.25, -0.2) is 17.9 Å². The molecule has 2 heterocycles. The third kappa shape index (κ3) is 3.21. The number of hydrogen-bond donors (Lipinski definition) is 3. The zero-order chi connectivity index (χ0) is 14.9. The molecule has 0 saturated heterocycles. The maximum Gasteiger partial charge on any atom is 0.352 e. The van der Waals surface area contributed by atoms with E-state index in [1.165, 1.54) is 11.3 Å². The minimum Gasteiger partial charge on any atom is -0.477 e. The molecule has 0 bridgehead atoms. The summed E-state index contributed by atoms with van der Waals surface area (Å²) in [4.78, 5) is 13.8. The number of carboxylic acids is 1. The number of aromatic amines is 1. The summed E-state index contributed by atoms with van der Waals surface area (Å²) < 4.78 is 27.2. The lowest BCUT2D eigenvalue weighted by molar-refractivity contribution is 0.0691. The van der Waals surface area contributed by atoms with E-state index in [4.69, 9.17) is 16.7 Å². The number of aromatic carboxylic acids is 1. The fourth-order valence-corrected chi connectivity index (χ4v) is 3.93. The molecule has 2 aromatic heterocycles. The molecular formula is C11H11ClN2O4S2. The summed E-state index contributed by atoms with van der Waals surface area (Å²) in [6, 6.07) is 4.03. The molecule has 0 aliphatic rings. The van der Waals surface area contributed by atoms with E-state index >= 15 is 0 Å². The molecule has 0 fully saturated rings. The molecule has 0 spiro atoms. The van der Waals surface area contributed by atoms with E-state index in [1.54, 1.807) is 19.1 Å². The molecule has 9 heteroatoms. The molecule has 0 aliphatic heterocycles. The second kappa shape index (κ2) is 5.57. The Hall–Kier alpha value is -1.35. The van der Waals surface area contributed by atoms with E-state index in [0.717, 1.165) is 17.1 Å². The van der Waals surface area contributed by atoms with E-state index in [2.05, 4.69) is 9.71 Å². The third-order valence-electron chi connectivity index (χ3n) is 2.55. The van der Waals surface area contributed by atoms with Gasteiger partial charge in [-0.15, -0.1) is 11.3 Å². The Kier molecular flexibility index (Phi) is 4.19. The Labute approximate surface area is 124 Å². The van der Waals surface area contributed by atoms with E-state index in [0.29, 0.717) is 4.34 Å². The molecule has 0 aliphatic carbocycles. The summed E-state index contributed by atoms with van der Waals surface area (Å²) in [6.45, 7) is 1.68. The average Bonchev–Trinajstić information content (AvgIpc) is 2.96. The van der Waals surface area contributed by atoms with Crippen LogP contribution in [0.2, 0.25) is 4.34 Å². The average molecular weight is 335 g/mol. The minimum atomic E-state index is -3.79. The molecule has 108 valence electrons. The monoisotopic (exact) mass is 334 g/mol. The minimum absolute atomic E-state index is 0.121. The van der Waals surface area contributed by atoms with Crippen LogP contribution in [-0.4, -0.2) is 24.5 Å². The van der Waals surface area contributed by atoms with E-state index in [1.807, 2.05) is 0 Å². The van der Waals surface area contributed by atoms with Crippen LogP contribution in [-0.2, 0) is 10.0 Å². The van der Waals surface area contributed by atoms with Gasteiger partial charge < -0.3 is 10.1 Å². The molecule has 1 unspecified atom stereocenters. The van der Waals surface area contributed by atoms with Gasteiger partial charge in [0.2, 0.25) is 10.0 Å². The number of carbonyl (C=O) groups is 1. The van der Waals surface area contributed by atoms with Gasteiger partial charge in [-0.2, -0.15) is 0 Å². The molecule has 0 aromatic carbocycles. The van der Waals surface area contributed by atoms with E-state index < -0.39 is 22.0 Å². The van der Waals surface area contributed by atoms with Crippen LogP contribution in [0.5, 0.6) is 0 Å². The second-order valence-electron chi connectivity index (χ2n) is 4.04. The highest BCUT2D eigenvalue weighted by molar-refractivity contribution is 7.89. The summed E-state index contributed by atoms with van der Waals surface area (Å²) in [6.07, 6.45) is 1.14. The van der Waals surface area contributed by atoms with Crippen LogP contribution in [0, 0.1) is 0 Å². The van der Waals surface area contributed by atoms with Gasteiger partial charge in [0.05, 0.1) is 10.4 Å². The number of H-pyrrole nitrogens is 1. The first-order valence-electron chi connectivity index (χ1n) is 5.49. The van der Waals surface area contributed by atoms with Crippen molar-refractivity contribution in [2.45, 2.75) is 17.9 Å². The molecule has 0 amide bonds. The van der Waals surface area contributed by atoms with Crippen LogP contribution in [0.4, 0.5) is 0 Å². The fraction of sp³-hybridized carbons (Fsp3) is 0.182. The van der Waals surface area contributed by atoms with Crippen LogP contribution in [0.25, 0.3) is 0 Å². The summed E-state index contributed by atoms with van der Waals surface area (Å²) in [5.41, 5.74) is -0.183. The van der Waals surface area contributed by atoms with Crippen molar-refractivity contribution in [3.05, 3.63) is 39.3 Å². The van der Waals surface area contributed by atoms with Gasteiger partial charge in [-0.1, -0.05) is 11.6 Å². The maximum atomic E-state index is 12.1. The molecule has 2 aromatic rings. The van der Waals surface area contributed by atoms with Crippen LogP contribution < -0.4 is 4.72 Å². The second-order valence-corrected chi connectivity index (χ2v) is 7.50. The molecule has 3 N–H and O–H groups in total. The first kappa shape index (κ1) is 15.0. The summed E-state index contributed by atoms with van der Waals surface area (Å²) in [5, 5.41) is 8.77. The topological polar surface area (TPSA) is 99.3 Å². The molecule has 1 atom stereocenters. The van der Waals surface area contributed by atoms with Crippen molar-refractivity contribution in [1.82, 2.24) is 9.71 Å². The van der Waals surface area contributed by atoms with Crippen molar-refractivity contribution in [2.75, 3.05) is 0 Å². The lowest BCUT2D eigenvalue weighted by Gasteiger charge is -2.11. The van der Waals surface area contributed by atoms with Crippen molar-refractivity contribution in [1.29, 1.82) is 0 Å². The highest BCUT2D eigenvalue weighted by Gasteiger charge is 2.21. The summed E-state index contributed by atoms with van der Waals surface area (Å²) in [7, 11) is -3.79. The number of nitrogens with one attached hydrogen (secondary N) is 2. The molecule has 0 saturated carbocycles. The van der Waals surface area contributed by atoms with Gasteiger partial charge in [-0.3, -0.25) is 0 Å². The normalized spacial score (nSPS) is 13.3. The van der Waals surface area contributed by atoms with Gasteiger partial charge in [0, 0.05) is 11.1 Å². The van der Waals surface area contributed by atoms with Crippen molar-refractivity contribution < 1.29 is 18.3 Å². The highest BCUT2D eigenvalue weighted by atomic mass is 35.5. The highest BCUT2D eigenvalue weighted by Crippen LogP contribution is 2.27. The van der Waals surface area contributed by atoms with Crippen LogP contribution >= 0.6 is 22.9 Å². The van der Waals surface area contributed by atoms with Gasteiger partial charge in [0.25, 0.3) is 0 Å². The van der Waals surface area contributed by atoms with Crippen molar-refractivity contribution in [2.24, 2.45) is 0 Å². The van der Waals surface area contributed by atoms with Gasteiger partial charge in [0.1, 0.15) is 10.6 Å². The third-order valence-corrected chi connectivity index (χ3v) is 5.48. The molecule has 6 nitrogen and oxygen atoms in total. The predicted octanol–water partition coefficient (Wildman–Crippen LogP) is 2.47. The summed E-state index contributed by atoms with van der Waals surface area (Å²) >= 11 is 7.08. The van der Waals surface area contributed by atoms with Crippen LogP contribution in [0.1, 0.15) is 28.3 Å². The number of thiophene rings is 1. The number of rotatable bonds is 5. The fourth-order valence-electron chi connectivity index (χ4n) is 1.57. The smallest absolute Gasteiger partial charge is 0.352 e. The SMILES string of the molecule is CC(NS(=O)(=O)c1c[nH]c(C(=O)O)c1)c1ccc(Cl)s1. The Morgan fingerprint density at radius 3 is 2.70 bits per heavy atom. The number of sulfonamides is 1. The lowest BCUT2D eigenvalue weighted by atomic mass is 10.3. The van der Waals surface area contributed by atoms with Crippen LogP contribution in [0.3, 0.4) is 0 Å². The first-order chi connectivity index (χ1) is 9.29. The number of carboxylic acid groups (broad SMARTS) is 1. The van der Waals surface area contributed by atoms with E-state index in [-0.39, 0.29) is 10.6 Å². The Morgan fingerprint density at radius 2 is 2.20 bits per heavy atom. The van der Waals surface area contributed by atoms with Crippen molar-refractivity contribution >= 4 is 38.9 Å². The Bertz CT molecular complexity index is 735. The first-order valence-corrected chi connectivity index (χ1v) is 8.16. The number of hydrogen-bond acceptors (Lipinski definition) is 4. The van der Waals surface area contributed by atoms with E-state index in [9.17, 15) is 13.2 Å². The lowest BCUT2D eigenvalue weighted by Crippen LogP contribution is -2.26. The van der Waals surface area contributed by atoms with Gasteiger partial charge in [-0.05, 0) is 25.1 Å². The largest absolute Gasteiger partial charge is 0.477 e. The number of halogens is 1. The summed E-state index contributed by atoms with van der Waals surface area (Å²) in [5.74, 6) is -1.22. The molecule has 2 rings (SSSR count). The molecule has 20 heavy (non-hydrogen) atoms. The maximum absolute atomic E-state index is 12.1. The van der Waals surface area contributed by atoms with Gasteiger partial charge in [0.15, 0.2) is 0 Å². The zero-order valence-electron chi connectivity index (χ0n) is 10.3. The Morgan fingerprint density at radius 1 is 1.50 bits per heavy atom. The quantitative estimate of drug-likeness (QED) is 0.782.